The fraction of sp³-hybridized carbons (Fsp3) is 0.794. The molecule has 5 aliphatic carbocycles. The van der Waals surface area contributed by atoms with Crippen LogP contribution in [0.2, 0.25) is 0 Å². The quantitative estimate of drug-likeness (QED) is 0.378. The minimum atomic E-state index is -0.202. The second-order valence-corrected chi connectivity index (χ2v) is 15.3. The maximum Gasteiger partial charge on any atom is 0.204 e. The van der Waals surface area contributed by atoms with Crippen molar-refractivity contribution in [2.24, 2.45) is 58.2 Å². The van der Waals surface area contributed by atoms with Crippen molar-refractivity contribution < 1.29 is 10.2 Å². The van der Waals surface area contributed by atoms with Crippen LogP contribution in [0.1, 0.15) is 103 Å². The molecule has 3 N–H and O–H groups in total. The fourth-order valence-corrected chi connectivity index (χ4v) is 11.8. The Morgan fingerprint density at radius 3 is 2.52 bits per heavy atom. The van der Waals surface area contributed by atoms with E-state index < -0.39 is 0 Å². The van der Waals surface area contributed by atoms with Gasteiger partial charge in [0.15, 0.2) is 0 Å². The molecule has 0 aliphatic heterocycles. The van der Waals surface area contributed by atoms with Gasteiger partial charge in [-0.3, -0.25) is 0 Å². The Morgan fingerprint density at radius 1 is 0.975 bits per heavy atom. The Hall–Kier alpha value is -1.79. The van der Waals surface area contributed by atoms with Crippen LogP contribution >= 0.6 is 0 Å². The van der Waals surface area contributed by atoms with E-state index in [1.165, 1.54) is 44.1 Å². The minimum Gasteiger partial charge on any atom is -0.393 e. The van der Waals surface area contributed by atoms with Gasteiger partial charge in [-0.2, -0.15) is 5.21 Å². The SMILES string of the molecule is CC[C@H]1C(O)C2C3CC[C@H]([C@H](C)CC4CC4c4ccccc4-c4nn[nH]n4)[C@@]3(C)CCC2[C@@]2(C)CC[C@@H](O)C[C@@H]12. The molecule has 0 spiro atoms. The van der Waals surface area contributed by atoms with Gasteiger partial charge in [-0.1, -0.05) is 58.4 Å². The standard InChI is InChI=1S/C34H50N4O2/c1-5-22-29-18-21(39)12-14-34(29,4)28-13-15-33(3)26(10-11-27(33)30(28)31(22)40)19(2)16-20-17-25(20)23-8-6-7-9-24(23)32-35-37-38-36-32/h6-9,19-22,25-31,39-40H,5,10-18H2,1-4H3,(H,35,36,37,38)/t19-,20?,21-,22-,25?,26-,27?,28?,29+,30?,31?,33-,34-/m1/s1. The number of nitrogens with zero attached hydrogens (tertiary/aromatic N) is 3. The van der Waals surface area contributed by atoms with Crippen molar-refractivity contribution in [2.45, 2.75) is 110 Å². The minimum absolute atomic E-state index is 0.174. The van der Waals surface area contributed by atoms with Crippen LogP contribution in [0.25, 0.3) is 11.4 Å². The van der Waals surface area contributed by atoms with Gasteiger partial charge in [0.05, 0.1) is 12.2 Å². The molecule has 6 unspecified atom stereocenters. The number of aliphatic hydroxyl groups is 2. The Bertz CT molecular complexity index is 1200. The number of aromatic nitrogens is 4. The van der Waals surface area contributed by atoms with Crippen LogP contribution in [0.5, 0.6) is 0 Å². The van der Waals surface area contributed by atoms with E-state index in [1.807, 2.05) is 0 Å². The molecule has 13 atom stereocenters. The van der Waals surface area contributed by atoms with E-state index in [1.54, 1.807) is 0 Å². The van der Waals surface area contributed by atoms with Gasteiger partial charge in [0.25, 0.3) is 0 Å². The van der Waals surface area contributed by atoms with Gasteiger partial charge in [-0.15, -0.1) is 10.2 Å². The molecule has 5 saturated carbocycles. The molecular formula is C34H50N4O2. The van der Waals surface area contributed by atoms with Gasteiger partial charge in [0.2, 0.25) is 5.82 Å². The summed E-state index contributed by atoms with van der Waals surface area (Å²) in [5.74, 6) is 6.00. The number of aliphatic hydroxyl groups excluding tert-OH is 2. The van der Waals surface area contributed by atoms with Crippen molar-refractivity contribution in [1.82, 2.24) is 20.6 Å². The average molecular weight is 547 g/mol. The van der Waals surface area contributed by atoms with Gasteiger partial charge in [0.1, 0.15) is 0 Å². The largest absolute Gasteiger partial charge is 0.393 e. The molecule has 40 heavy (non-hydrogen) atoms. The number of tetrazole rings is 1. The number of rotatable bonds is 6. The zero-order valence-electron chi connectivity index (χ0n) is 25.0. The lowest BCUT2D eigenvalue weighted by Gasteiger charge is -2.64. The molecule has 2 aromatic rings. The fourth-order valence-electron chi connectivity index (χ4n) is 11.8. The lowest BCUT2D eigenvalue weighted by atomic mass is 9.41. The second kappa shape index (κ2) is 9.90. The monoisotopic (exact) mass is 546 g/mol. The molecule has 5 fully saturated rings. The highest BCUT2D eigenvalue weighted by atomic mass is 16.3. The van der Waals surface area contributed by atoms with Crippen LogP contribution in [-0.2, 0) is 0 Å². The summed E-state index contributed by atoms with van der Waals surface area (Å²) in [7, 11) is 0. The highest BCUT2D eigenvalue weighted by Gasteiger charge is 2.65. The number of nitrogens with one attached hydrogen (secondary N) is 1. The zero-order chi connectivity index (χ0) is 27.8. The maximum atomic E-state index is 12.0. The third kappa shape index (κ3) is 4.06. The van der Waals surface area contributed by atoms with E-state index in [4.69, 9.17) is 0 Å². The topological polar surface area (TPSA) is 94.9 Å². The van der Waals surface area contributed by atoms with E-state index in [0.717, 1.165) is 43.1 Å². The van der Waals surface area contributed by atoms with Crippen LogP contribution in [0.4, 0.5) is 0 Å². The molecular weight excluding hydrogens is 496 g/mol. The molecule has 6 heteroatoms. The van der Waals surface area contributed by atoms with Gasteiger partial charge in [0, 0.05) is 5.56 Å². The van der Waals surface area contributed by atoms with Crippen LogP contribution in [0.15, 0.2) is 24.3 Å². The first-order valence-corrected chi connectivity index (χ1v) is 16.4. The van der Waals surface area contributed by atoms with Gasteiger partial charge < -0.3 is 10.2 Å². The molecule has 1 aromatic heterocycles. The number of hydrogen-bond donors (Lipinski definition) is 3. The van der Waals surface area contributed by atoms with Crippen LogP contribution < -0.4 is 0 Å². The molecule has 1 heterocycles. The van der Waals surface area contributed by atoms with Crippen LogP contribution in [0, 0.1) is 58.2 Å². The third-order valence-electron chi connectivity index (χ3n) is 13.7. The number of aromatic amines is 1. The number of hydrogen-bond acceptors (Lipinski definition) is 5. The Balaban J connectivity index is 1.08. The molecule has 1 aromatic carbocycles. The summed E-state index contributed by atoms with van der Waals surface area (Å²) < 4.78 is 0. The predicted molar refractivity (Wildman–Crippen MR) is 156 cm³/mol. The first-order valence-electron chi connectivity index (χ1n) is 16.4. The van der Waals surface area contributed by atoms with Gasteiger partial charge in [-0.05, 0) is 133 Å². The van der Waals surface area contributed by atoms with Crippen molar-refractivity contribution in [3.05, 3.63) is 29.8 Å². The summed E-state index contributed by atoms with van der Waals surface area (Å²) in [6, 6.07) is 8.63. The van der Waals surface area contributed by atoms with Crippen LogP contribution in [-0.4, -0.2) is 43.0 Å². The maximum absolute atomic E-state index is 12.0. The molecule has 6 nitrogen and oxygen atoms in total. The third-order valence-corrected chi connectivity index (χ3v) is 13.7. The summed E-state index contributed by atoms with van der Waals surface area (Å²) in [5, 5.41) is 37.5. The normalized spacial score (nSPS) is 46.8. The Labute approximate surface area is 240 Å². The molecule has 0 bridgehead atoms. The van der Waals surface area contributed by atoms with E-state index in [2.05, 4.69) is 72.6 Å². The van der Waals surface area contributed by atoms with Gasteiger partial charge >= 0.3 is 0 Å². The molecule has 218 valence electrons. The molecule has 5 aliphatic rings. The van der Waals surface area contributed by atoms with E-state index in [9.17, 15) is 10.2 Å². The second-order valence-electron chi connectivity index (χ2n) is 15.3. The van der Waals surface area contributed by atoms with E-state index >= 15 is 0 Å². The summed E-state index contributed by atoms with van der Waals surface area (Å²) in [4.78, 5) is 0. The molecule has 0 saturated heterocycles. The molecule has 0 amide bonds. The summed E-state index contributed by atoms with van der Waals surface area (Å²) in [6.07, 6.45) is 11.4. The van der Waals surface area contributed by atoms with Gasteiger partial charge in [-0.25, -0.2) is 0 Å². The molecule has 0 radical (unpaired) electrons. The highest BCUT2D eigenvalue weighted by Crippen LogP contribution is 2.70. The Kier molecular flexibility index (Phi) is 6.70. The number of benzene rings is 1. The first kappa shape index (κ1) is 27.1. The number of fused-ring (bicyclic) bond motifs is 5. The lowest BCUT2D eigenvalue weighted by Crippen LogP contribution is -2.62. The van der Waals surface area contributed by atoms with Crippen LogP contribution in [0.3, 0.4) is 0 Å². The van der Waals surface area contributed by atoms with Crippen molar-refractivity contribution in [3.8, 4) is 11.4 Å². The average Bonchev–Trinajstić information content (AvgIpc) is 3.31. The van der Waals surface area contributed by atoms with Crippen molar-refractivity contribution in [1.29, 1.82) is 0 Å². The molecule has 7 rings (SSSR count). The lowest BCUT2D eigenvalue weighted by molar-refractivity contribution is -0.203. The number of H-pyrrole nitrogens is 1. The van der Waals surface area contributed by atoms with Crippen molar-refractivity contribution >= 4 is 0 Å². The summed E-state index contributed by atoms with van der Waals surface area (Å²) in [6.45, 7) is 9.98. The van der Waals surface area contributed by atoms with Crippen molar-refractivity contribution in [2.75, 3.05) is 0 Å². The van der Waals surface area contributed by atoms with Crippen molar-refractivity contribution in [3.63, 3.8) is 0 Å². The summed E-state index contributed by atoms with van der Waals surface area (Å²) in [5.41, 5.74) is 3.13. The highest BCUT2D eigenvalue weighted by molar-refractivity contribution is 5.61. The van der Waals surface area contributed by atoms with E-state index in [0.29, 0.717) is 52.7 Å². The predicted octanol–water partition coefficient (Wildman–Crippen LogP) is 6.62. The van der Waals surface area contributed by atoms with E-state index in [-0.39, 0.29) is 17.6 Å². The first-order chi connectivity index (χ1) is 19.3. The smallest absolute Gasteiger partial charge is 0.204 e. The Morgan fingerprint density at radius 2 is 1.75 bits per heavy atom. The zero-order valence-corrected chi connectivity index (χ0v) is 25.0. The summed E-state index contributed by atoms with van der Waals surface area (Å²) >= 11 is 0.